The molecule has 29 heavy (non-hydrogen) atoms. The van der Waals surface area contributed by atoms with Crippen LogP contribution in [0.25, 0.3) is 11.3 Å². The maximum Gasteiger partial charge on any atom is 0.225 e. The number of hydrogen-bond acceptors (Lipinski definition) is 6. The van der Waals surface area contributed by atoms with Crippen molar-refractivity contribution in [3.63, 3.8) is 0 Å². The number of thiazole rings is 1. The molecule has 2 aromatic rings. The molecule has 0 radical (unpaired) electrons. The number of nitrogens with zero attached hydrogens (tertiary/aromatic N) is 3. The first-order valence-electron chi connectivity index (χ1n) is 9.60. The molecule has 0 unspecified atom stereocenters. The second-order valence-electron chi connectivity index (χ2n) is 6.96. The topological polar surface area (TPSA) is 95.3 Å². The zero-order chi connectivity index (χ0) is 20.6. The zero-order valence-corrected chi connectivity index (χ0v) is 17.2. The minimum absolute atomic E-state index is 0.0376. The van der Waals surface area contributed by atoms with Crippen LogP contribution in [0.5, 0.6) is 0 Å². The van der Waals surface area contributed by atoms with E-state index < -0.39 is 0 Å². The van der Waals surface area contributed by atoms with Gasteiger partial charge in [0.25, 0.3) is 0 Å². The quantitative estimate of drug-likeness (QED) is 0.754. The van der Waals surface area contributed by atoms with Crippen molar-refractivity contribution in [2.75, 3.05) is 26.8 Å². The first-order chi connectivity index (χ1) is 14.1. The summed E-state index contributed by atoms with van der Waals surface area (Å²) in [4.78, 5) is 31.1. The normalized spacial score (nSPS) is 16.3. The van der Waals surface area contributed by atoms with Gasteiger partial charge in [0.15, 0.2) is 0 Å². The zero-order valence-electron chi connectivity index (χ0n) is 16.4. The maximum absolute atomic E-state index is 12.6. The predicted molar refractivity (Wildman–Crippen MR) is 110 cm³/mol. The molecule has 0 aliphatic carbocycles. The molecule has 1 atom stereocenters. The molecule has 2 heterocycles. The van der Waals surface area contributed by atoms with Crippen molar-refractivity contribution in [1.29, 1.82) is 5.26 Å². The fourth-order valence-corrected chi connectivity index (χ4v) is 4.06. The summed E-state index contributed by atoms with van der Waals surface area (Å²) in [5, 5.41) is 14.6. The summed E-state index contributed by atoms with van der Waals surface area (Å²) in [5.74, 6) is -0.186. The highest BCUT2D eigenvalue weighted by molar-refractivity contribution is 7.09. The van der Waals surface area contributed by atoms with Gasteiger partial charge in [0.2, 0.25) is 11.8 Å². The summed E-state index contributed by atoms with van der Waals surface area (Å²) in [5.41, 5.74) is 2.38. The molecule has 1 fully saturated rings. The van der Waals surface area contributed by atoms with Gasteiger partial charge in [-0.15, -0.1) is 11.3 Å². The number of likely N-dealkylation sites (tertiary alicyclic amines) is 1. The summed E-state index contributed by atoms with van der Waals surface area (Å²) in [6, 6.07) is 9.36. The second-order valence-corrected chi connectivity index (χ2v) is 7.90. The number of nitrogens with one attached hydrogen (secondary N) is 1. The van der Waals surface area contributed by atoms with Crippen LogP contribution in [-0.4, -0.2) is 48.5 Å². The molecule has 0 spiro atoms. The minimum Gasteiger partial charge on any atom is -0.384 e. The van der Waals surface area contributed by atoms with E-state index in [-0.39, 0.29) is 17.7 Å². The molecule has 1 aromatic carbocycles. The summed E-state index contributed by atoms with van der Waals surface area (Å²) in [7, 11) is 1.57. The first-order valence-corrected chi connectivity index (χ1v) is 10.5. The lowest BCUT2D eigenvalue weighted by molar-refractivity contribution is -0.136. The van der Waals surface area contributed by atoms with E-state index in [1.807, 2.05) is 17.5 Å². The van der Waals surface area contributed by atoms with Crippen LogP contribution < -0.4 is 5.32 Å². The van der Waals surface area contributed by atoms with Crippen LogP contribution in [0.3, 0.4) is 0 Å². The van der Waals surface area contributed by atoms with Crippen molar-refractivity contribution in [3.8, 4) is 17.3 Å². The minimum atomic E-state index is -0.187. The van der Waals surface area contributed by atoms with Crippen LogP contribution in [0.2, 0.25) is 0 Å². The Morgan fingerprint density at radius 3 is 2.90 bits per heavy atom. The highest BCUT2D eigenvalue weighted by Gasteiger charge is 2.28. The third-order valence-electron chi connectivity index (χ3n) is 4.94. The lowest BCUT2D eigenvalue weighted by Gasteiger charge is -2.32. The van der Waals surface area contributed by atoms with Crippen molar-refractivity contribution in [1.82, 2.24) is 15.2 Å². The number of hydrogen-bond donors (Lipinski definition) is 1. The lowest BCUT2D eigenvalue weighted by atomic mass is 9.97. The Balaban J connectivity index is 1.52. The molecule has 0 saturated carbocycles. The molecule has 1 saturated heterocycles. The molecule has 8 heteroatoms. The van der Waals surface area contributed by atoms with Crippen LogP contribution in [-0.2, 0) is 20.9 Å². The smallest absolute Gasteiger partial charge is 0.225 e. The maximum atomic E-state index is 12.6. The number of carbonyl (C=O) groups excluding carboxylic acids is 2. The van der Waals surface area contributed by atoms with Crippen LogP contribution in [0.15, 0.2) is 29.6 Å². The lowest BCUT2D eigenvalue weighted by Crippen LogP contribution is -2.45. The van der Waals surface area contributed by atoms with E-state index in [9.17, 15) is 9.59 Å². The molecule has 1 aromatic heterocycles. The Bertz CT molecular complexity index is 888. The number of aromatic nitrogens is 1. The molecular formula is C21H24N4O3S. The first kappa shape index (κ1) is 21.0. The number of benzene rings is 1. The van der Waals surface area contributed by atoms with Gasteiger partial charge in [0.05, 0.1) is 42.8 Å². The SMILES string of the molecule is COCCC(=O)N1CCC[C@H](C(=O)NCc2nc(-c3ccc(C#N)cc3)cs2)C1. The monoisotopic (exact) mass is 412 g/mol. The van der Waals surface area contributed by atoms with E-state index in [0.29, 0.717) is 38.2 Å². The summed E-state index contributed by atoms with van der Waals surface area (Å²) >= 11 is 1.49. The van der Waals surface area contributed by atoms with Crippen molar-refractivity contribution in [3.05, 3.63) is 40.2 Å². The standard InChI is InChI=1S/C21H24N4O3S/c1-28-10-8-20(26)25-9-2-3-17(13-25)21(27)23-12-19-24-18(14-29-19)16-6-4-15(11-22)5-7-16/h4-7,14,17H,2-3,8-10,12-13H2,1H3,(H,23,27)/t17-/m0/s1. The van der Waals surface area contributed by atoms with Gasteiger partial charge in [-0.2, -0.15) is 5.26 Å². The van der Waals surface area contributed by atoms with Crippen molar-refractivity contribution < 1.29 is 14.3 Å². The molecule has 7 nitrogen and oxygen atoms in total. The van der Waals surface area contributed by atoms with Crippen molar-refractivity contribution in [2.24, 2.45) is 5.92 Å². The second kappa shape index (κ2) is 10.1. The Hall–Kier alpha value is -2.76. The van der Waals surface area contributed by atoms with Gasteiger partial charge in [-0.3, -0.25) is 9.59 Å². The van der Waals surface area contributed by atoms with Crippen molar-refractivity contribution in [2.45, 2.75) is 25.8 Å². The Kier molecular flexibility index (Phi) is 7.33. The fraction of sp³-hybridized carbons (Fsp3) is 0.429. The van der Waals surface area contributed by atoms with Gasteiger partial charge in [0.1, 0.15) is 5.01 Å². The summed E-state index contributed by atoms with van der Waals surface area (Å²) in [6.07, 6.45) is 1.97. The van der Waals surface area contributed by atoms with Crippen LogP contribution in [0, 0.1) is 17.2 Å². The Morgan fingerprint density at radius 1 is 1.38 bits per heavy atom. The number of piperidine rings is 1. The average Bonchev–Trinajstić information content (AvgIpc) is 3.25. The number of nitriles is 1. The van der Waals surface area contributed by atoms with Gasteiger partial charge in [-0.1, -0.05) is 12.1 Å². The van der Waals surface area contributed by atoms with Gasteiger partial charge in [0, 0.05) is 31.1 Å². The molecular weight excluding hydrogens is 388 g/mol. The highest BCUT2D eigenvalue weighted by Crippen LogP contribution is 2.23. The van der Waals surface area contributed by atoms with Gasteiger partial charge in [-0.25, -0.2) is 4.98 Å². The fourth-order valence-electron chi connectivity index (χ4n) is 3.31. The number of amides is 2. The van der Waals surface area contributed by atoms with Crippen LogP contribution in [0.1, 0.15) is 29.8 Å². The van der Waals surface area contributed by atoms with E-state index in [1.165, 1.54) is 11.3 Å². The Morgan fingerprint density at radius 2 is 2.17 bits per heavy atom. The molecule has 2 amide bonds. The van der Waals surface area contributed by atoms with E-state index in [0.717, 1.165) is 29.1 Å². The average molecular weight is 413 g/mol. The summed E-state index contributed by atoms with van der Waals surface area (Å²) < 4.78 is 4.96. The predicted octanol–water partition coefficient (Wildman–Crippen LogP) is 2.57. The van der Waals surface area contributed by atoms with E-state index in [4.69, 9.17) is 10.00 Å². The third kappa shape index (κ3) is 5.62. The third-order valence-corrected chi connectivity index (χ3v) is 5.79. The van der Waals surface area contributed by atoms with E-state index in [2.05, 4.69) is 16.4 Å². The molecule has 3 rings (SSSR count). The largest absolute Gasteiger partial charge is 0.384 e. The van der Waals surface area contributed by atoms with E-state index in [1.54, 1.807) is 24.1 Å². The molecule has 1 aliphatic rings. The number of rotatable bonds is 7. The number of ether oxygens (including phenoxy) is 1. The molecule has 1 N–H and O–H groups in total. The van der Waals surface area contributed by atoms with Gasteiger partial charge < -0.3 is 15.0 Å². The molecule has 152 valence electrons. The van der Waals surface area contributed by atoms with Gasteiger partial charge in [-0.05, 0) is 25.0 Å². The highest BCUT2D eigenvalue weighted by atomic mass is 32.1. The number of carbonyl (C=O) groups is 2. The number of methoxy groups -OCH3 is 1. The van der Waals surface area contributed by atoms with Gasteiger partial charge >= 0.3 is 0 Å². The molecule has 1 aliphatic heterocycles. The van der Waals surface area contributed by atoms with Crippen molar-refractivity contribution >= 4 is 23.2 Å². The summed E-state index contributed by atoms with van der Waals surface area (Å²) in [6.45, 7) is 1.93. The Labute approximate surface area is 174 Å². The van der Waals surface area contributed by atoms with Crippen LogP contribution >= 0.6 is 11.3 Å². The van der Waals surface area contributed by atoms with E-state index >= 15 is 0 Å². The molecule has 0 bridgehead atoms. The van der Waals surface area contributed by atoms with Crippen LogP contribution in [0.4, 0.5) is 0 Å².